The lowest BCUT2D eigenvalue weighted by atomic mass is 10.2. The topological polar surface area (TPSA) is 80.0 Å². The summed E-state index contributed by atoms with van der Waals surface area (Å²) in [6.07, 6.45) is 1.91. The molecule has 4 N–H and O–H groups in total. The monoisotopic (exact) mass is 403 g/mol. The Hall–Kier alpha value is -2.64. The summed E-state index contributed by atoms with van der Waals surface area (Å²) in [6.45, 7) is 5.69. The van der Waals surface area contributed by atoms with Crippen molar-refractivity contribution in [3.8, 4) is 0 Å². The Labute approximate surface area is 169 Å². The number of piperazine rings is 1. The second-order valence-corrected chi connectivity index (χ2v) is 7.31. The first-order chi connectivity index (χ1) is 13.5. The van der Waals surface area contributed by atoms with E-state index in [1.165, 1.54) is 4.90 Å². The first-order valence-electron chi connectivity index (χ1n) is 9.40. The molecule has 0 unspecified atom stereocenters. The smallest absolute Gasteiger partial charge is 0.275 e. The number of pyridine rings is 1. The molecule has 1 aromatic carbocycles. The summed E-state index contributed by atoms with van der Waals surface area (Å²) in [5.74, 6) is 0.713. The van der Waals surface area contributed by atoms with Gasteiger partial charge < -0.3 is 15.5 Å². The number of aromatic nitrogens is 1. The van der Waals surface area contributed by atoms with Gasteiger partial charge in [0.15, 0.2) is 6.54 Å². The number of aromatic amines is 1. The van der Waals surface area contributed by atoms with Crippen LogP contribution in [-0.2, 0) is 9.59 Å². The van der Waals surface area contributed by atoms with Crippen molar-refractivity contribution in [3.05, 3.63) is 53.2 Å². The van der Waals surface area contributed by atoms with E-state index in [9.17, 15) is 9.59 Å². The Kier molecular flexibility index (Phi) is 6.84. The average molecular weight is 404 g/mol. The lowest BCUT2D eigenvalue weighted by Crippen LogP contribution is -3.16. The highest BCUT2D eigenvalue weighted by atomic mass is 35.5. The fourth-order valence-electron chi connectivity index (χ4n) is 3.23. The number of benzene rings is 1. The maximum atomic E-state index is 12.2. The SMILES string of the molecule is Cc1c(Cl)cccc1NC(=O)CNC(=O)C[NH+]1CCN(c2cccc[nH+]2)CC1. The van der Waals surface area contributed by atoms with Crippen LogP contribution in [0, 0.1) is 6.92 Å². The highest BCUT2D eigenvalue weighted by molar-refractivity contribution is 6.31. The predicted octanol–water partition coefficient (Wildman–Crippen LogP) is -0.0777. The van der Waals surface area contributed by atoms with E-state index in [4.69, 9.17) is 11.6 Å². The second kappa shape index (κ2) is 9.52. The summed E-state index contributed by atoms with van der Waals surface area (Å²) in [7, 11) is 0. The molecule has 1 aliphatic rings. The predicted molar refractivity (Wildman–Crippen MR) is 109 cm³/mol. The Morgan fingerprint density at radius 2 is 1.93 bits per heavy atom. The first kappa shape index (κ1) is 20.1. The number of hydrogen-bond acceptors (Lipinski definition) is 3. The molecule has 148 valence electrons. The van der Waals surface area contributed by atoms with Crippen molar-refractivity contribution < 1.29 is 19.5 Å². The largest absolute Gasteiger partial charge is 0.342 e. The maximum Gasteiger partial charge on any atom is 0.275 e. The van der Waals surface area contributed by atoms with E-state index >= 15 is 0 Å². The molecule has 1 fully saturated rings. The van der Waals surface area contributed by atoms with Crippen LogP contribution < -0.4 is 25.4 Å². The van der Waals surface area contributed by atoms with Gasteiger partial charge in [-0.05, 0) is 30.7 Å². The minimum atomic E-state index is -0.266. The van der Waals surface area contributed by atoms with Gasteiger partial charge >= 0.3 is 0 Å². The number of amides is 2. The van der Waals surface area contributed by atoms with Crippen LogP contribution in [0.15, 0.2) is 42.6 Å². The third-order valence-electron chi connectivity index (χ3n) is 4.90. The number of halogens is 1. The number of nitrogens with zero attached hydrogens (tertiary/aromatic N) is 1. The van der Waals surface area contributed by atoms with Gasteiger partial charge in [0, 0.05) is 16.8 Å². The fraction of sp³-hybridized carbons (Fsp3) is 0.350. The standard InChI is InChI=1S/C20H24ClN5O2/c1-15-16(21)5-4-6-17(15)24-19(27)13-23-20(28)14-25-9-11-26(12-10-25)18-7-2-3-8-22-18/h2-8H,9-14H2,1H3,(H,23,28)(H,24,27)/p+2. The van der Waals surface area contributed by atoms with Gasteiger partial charge in [-0.15, -0.1) is 0 Å². The molecule has 0 aliphatic carbocycles. The summed E-state index contributed by atoms with van der Waals surface area (Å²) in [5, 5.41) is 6.08. The number of carbonyl (C=O) groups is 2. The lowest BCUT2D eigenvalue weighted by Gasteiger charge is -2.27. The van der Waals surface area contributed by atoms with Crippen molar-refractivity contribution in [2.24, 2.45) is 0 Å². The molecule has 2 aromatic rings. The summed E-state index contributed by atoms with van der Waals surface area (Å²) in [6, 6.07) is 11.4. The fourth-order valence-corrected chi connectivity index (χ4v) is 3.40. The van der Waals surface area contributed by atoms with E-state index in [1.54, 1.807) is 18.2 Å². The summed E-state index contributed by atoms with van der Waals surface area (Å²) in [4.78, 5) is 31.0. The third kappa shape index (κ3) is 5.43. The number of anilines is 2. The van der Waals surface area contributed by atoms with Gasteiger partial charge in [-0.2, -0.15) is 0 Å². The summed E-state index contributed by atoms with van der Waals surface area (Å²) >= 11 is 6.05. The van der Waals surface area contributed by atoms with Crippen molar-refractivity contribution in [2.75, 3.05) is 49.5 Å². The zero-order valence-corrected chi connectivity index (χ0v) is 16.7. The van der Waals surface area contributed by atoms with Crippen LogP contribution in [0.2, 0.25) is 5.02 Å². The number of H-pyrrole nitrogens is 1. The van der Waals surface area contributed by atoms with Gasteiger partial charge in [0.05, 0.1) is 12.7 Å². The molecule has 0 radical (unpaired) electrons. The molecule has 28 heavy (non-hydrogen) atoms. The minimum Gasteiger partial charge on any atom is -0.342 e. The van der Waals surface area contributed by atoms with Crippen LogP contribution in [0.1, 0.15) is 5.56 Å². The van der Waals surface area contributed by atoms with E-state index in [0.717, 1.165) is 37.6 Å². The lowest BCUT2D eigenvalue weighted by molar-refractivity contribution is -0.892. The zero-order chi connectivity index (χ0) is 19.9. The molecule has 0 atom stereocenters. The normalized spacial score (nSPS) is 14.6. The summed E-state index contributed by atoms with van der Waals surface area (Å²) < 4.78 is 0. The molecule has 1 saturated heterocycles. The Bertz CT molecular complexity index is 823. The van der Waals surface area contributed by atoms with Gasteiger partial charge in [-0.3, -0.25) is 14.5 Å². The van der Waals surface area contributed by atoms with E-state index in [0.29, 0.717) is 17.3 Å². The number of quaternary nitrogens is 1. The highest BCUT2D eigenvalue weighted by Gasteiger charge is 2.27. The van der Waals surface area contributed by atoms with Crippen molar-refractivity contribution in [3.63, 3.8) is 0 Å². The number of rotatable bonds is 6. The van der Waals surface area contributed by atoms with Crippen molar-refractivity contribution in [2.45, 2.75) is 6.92 Å². The van der Waals surface area contributed by atoms with Crippen LogP contribution in [0.4, 0.5) is 11.5 Å². The first-order valence-corrected chi connectivity index (χ1v) is 9.77. The van der Waals surface area contributed by atoms with E-state index in [-0.39, 0.29) is 18.4 Å². The van der Waals surface area contributed by atoms with E-state index in [1.807, 2.05) is 25.3 Å². The zero-order valence-electron chi connectivity index (χ0n) is 15.9. The molecule has 0 spiro atoms. The molecule has 0 saturated carbocycles. The van der Waals surface area contributed by atoms with Crippen molar-refractivity contribution >= 4 is 34.9 Å². The summed E-state index contributed by atoms with van der Waals surface area (Å²) in [5.41, 5.74) is 1.47. The Balaban J connectivity index is 1.39. The maximum absolute atomic E-state index is 12.2. The molecule has 3 rings (SSSR count). The van der Waals surface area contributed by atoms with Crippen LogP contribution in [-0.4, -0.2) is 51.1 Å². The van der Waals surface area contributed by atoms with Crippen LogP contribution in [0.5, 0.6) is 0 Å². The third-order valence-corrected chi connectivity index (χ3v) is 5.31. The molecule has 0 bridgehead atoms. The van der Waals surface area contributed by atoms with Gasteiger partial charge in [0.1, 0.15) is 26.2 Å². The average Bonchev–Trinajstić information content (AvgIpc) is 2.71. The number of hydrogen-bond donors (Lipinski definition) is 3. The Morgan fingerprint density at radius 3 is 2.64 bits per heavy atom. The van der Waals surface area contributed by atoms with Gasteiger partial charge in [-0.25, -0.2) is 4.98 Å². The van der Waals surface area contributed by atoms with Crippen LogP contribution in [0.25, 0.3) is 0 Å². The number of carbonyl (C=O) groups excluding carboxylic acids is 2. The van der Waals surface area contributed by atoms with Gasteiger partial charge in [0.2, 0.25) is 5.91 Å². The molecule has 1 aromatic heterocycles. The molecule has 7 nitrogen and oxygen atoms in total. The molecule has 8 heteroatoms. The molecule has 1 aliphatic heterocycles. The quantitative estimate of drug-likeness (QED) is 0.631. The van der Waals surface area contributed by atoms with Crippen LogP contribution >= 0.6 is 11.6 Å². The van der Waals surface area contributed by atoms with E-state index < -0.39 is 0 Å². The van der Waals surface area contributed by atoms with Gasteiger partial charge in [0.25, 0.3) is 11.7 Å². The molecular formula is C20H26ClN5O2+2. The van der Waals surface area contributed by atoms with Crippen molar-refractivity contribution in [1.82, 2.24) is 5.32 Å². The molecule has 2 amide bonds. The van der Waals surface area contributed by atoms with Crippen LogP contribution in [0.3, 0.4) is 0 Å². The molecular weight excluding hydrogens is 378 g/mol. The van der Waals surface area contributed by atoms with Gasteiger partial charge in [-0.1, -0.05) is 23.7 Å². The van der Waals surface area contributed by atoms with E-state index in [2.05, 4.69) is 26.6 Å². The van der Waals surface area contributed by atoms with Crippen molar-refractivity contribution in [1.29, 1.82) is 0 Å². The molecule has 2 heterocycles. The Morgan fingerprint density at radius 1 is 1.14 bits per heavy atom. The number of nitrogens with one attached hydrogen (secondary N) is 4. The highest BCUT2D eigenvalue weighted by Crippen LogP contribution is 2.22. The second-order valence-electron chi connectivity index (χ2n) is 6.90. The minimum absolute atomic E-state index is 0.0524.